The molecule has 0 aromatic heterocycles. The summed E-state index contributed by atoms with van der Waals surface area (Å²) in [7, 11) is 0. The number of carbonyl (C=O) groups excluding carboxylic acids is 1. The predicted molar refractivity (Wildman–Crippen MR) is 116 cm³/mol. The van der Waals surface area contributed by atoms with Gasteiger partial charge < -0.3 is 14.5 Å². The van der Waals surface area contributed by atoms with Crippen LogP contribution in [0.15, 0.2) is 24.3 Å². The summed E-state index contributed by atoms with van der Waals surface area (Å²) in [5.74, 6) is -0.224. The van der Waals surface area contributed by atoms with E-state index in [0.717, 1.165) is 13.2 Å². The van der Waals surface area contributed by atoms with Crippen molar-refractivity contribution in [3.05, 3.63) is 57.6 Å². The Kier molecular flexibility index (Phi) is 5.69. The fourth-order valence-electron chi connectivity index (χ4n) is 4.78. The van der Waals surface area contributed by atoms with E-state index in [1.807, 2.05) is 0 Å². The Hall–Kier alpha value is -2.49. The fraction of sp³-hybridized carbons (Fsp3) is 0.458. The Morgan fingerprint density at radius 1 is 0.893 bits per heavy atom. The topological polar surface area (TPSA) is 32.8 Å². The first-order chi connectivity index (χ1) is 13.2. The third kappa shape index (κ3) is 4.01. The van der Waals surface area contributed by atoms with E-state index < -0.39 is 0 Å². The van der Waals surface area contributed by atoms with Gasteiger partial charge in [0.15, 0.2) is 0 Å². The first-order valence-corrected chi connectivity index (χ1v) is 9.98. The number of carbonyl (C=O) groups is 1. The number of hydrogen-bond donors (Lipinski definition) is 0. The van der Waals surface area contributed by atoms with Crippen LogP contribution in [0.2, 0.25) is 0 Å². The molecule has 150 valence electrons. The van der Waals surface area contributed by atoms with Crippen LogP contribution >= 0.6 is 0 Å². The highest BCUT2D eigenvalue weighted by molar-refractivity contribution is 5.68. The molecule has 1 atom stereocenters. The standard InChI is InChI=1S/C24H32N2O2/c1-15-8-17(3)23(18(4)9-15)25-12-22(13-28-21(7)27)26(14-25)24-19(5)10-16(2)11-20(24)6/h8-11,22H,12-14H2,1-7H3. The second-order valence-corrected chi connectivity index (χ2v) is 8.28. The molecular weight excluding hydrogens is 348 g/mol. The quantitative estimate of drug-likeness (QED) is 0.717. The smallest absolute Gasteiger partial charge is 0.302 e. The number of hydrogen-bond acceptors (Lipinski definition) is 4. The zero-order valence-electron chi connectivity index (χ0n) is 18.2. The molecule has 28 heavy (non-hydrogen) atoms. The van der Waals surface area contributed by atoms with Crippen molar-refractivity contribution in [2.45, 2.75) is 54.5 Å². The van der Waals surface area contributed by atoms with Crippen LogP contribution in [0, 0.1) is 41.5 Å². The van der Waals surface area contributed by atoms with E-state index in [1.165, 1.54) is 51.7 Å². The molecule has 4 nitrogen and oxygen atoms in total. The molecule has 0 amide bonds. The summed E-state index contributed by atoms with van der Waals surface area (Å²) in [4.78, 5) is 16.3. The number of nitrogens with zero attached hydrogens (tertiary/aromatic N) is 2. The normalized spacial score (nSPS) is 16.6. The average molecular weight is 381 g/mol. The van der Waals surface area contributed by atoms with Gasteiger partial charge in [-0.1, -0.05) is 35.4 Å². The minimum absolute atomic E-state index is 0.129. The summed E-state index contributed by atoms with van der Waals surface area (Å²) in [5, 5.41) is 0. The molecule has 1 aliphatic heterocycles. The molecule has 0 aliphatic carbocycles. The number of rotatable bonds is 4. The van der Waals surface area contributed by atoms with Crippen LogP contribution in [0.4, 0.5) is 11.4 Å². The molecule has 1 fully saturated rings. The van der Waals surface area contributed by atoms with Gasteiger partial charge in [0.05, 0.1) is 12.7 Å². The second kappa shape index (κ2) is 7.86. The minimum Gasteiger partial charge on any atom is -0.464 e. The Balaban J connectivity index is 2.00. The van der Waals surface area contributed by atoms with Crippen molar-refractivity contribution in [3.63, 3.8) is 0 Å². The number of benzene rings is 2. The highest BCUT2D eigenvalue weighted by atomic mass is 16.5. The Morgan fingerprint density at radius 2 is 1.36 bits per heavy atom. The van der Waals surface area contributed by atoms with E-state index in [9.17, 15) is 4.79 Å². The minimum atomic E-state index is -0.224. The first kappa shape index (κ1) is 20.2. The van der Waals surface area contributed by atoms with Crippen molar-refractivity contribution >= 4 is 17.3 Å². The molecule has 0 saturated carbocycles. The van der Waals surface area contributed by atoms with Crippen molar-refractivity contribution in [3.8, 4) is 0 Å². The van der Waals surface area contributed by atoms with Crippen molar-refractivity contribution in [2.75, 3.05) is 29.6 Å². The number of anilines is 2. The molecule has 0 N–H and O–H groups in total. The van der Waals surface area contributed by atoms with Gasteiger partial charge >= 0.3 is 5.97 Å². The molecular formula is C24H32N2O2. The molecule has 0 bridgehead atoms. The van der Waals surface area contributed by atoms with Gasteiger partial charge in [0, 0.05) is 24.8 Å². The average Bonchev–Trinajstić information content (AvgIpc) is 2.94. The number of aryl methyl sites for hydroxylation is 6. The SMILES string of the molecule is CC(=O)OCC1CN(c2c(C)cc(C)cc2C)CN1c1c(C)cc(C)cc1C. The molecule has 2 aromatic rings. The maximum Gasteiger partial charge on any atom is 0.302 e. The molecule has 0 spiro atoms. The molecule has 1 saturated heterocycles. The largest absolute Gasteiger partial charge is 0.464 e. The lowest BCUT2D eigenvalue weighted by atomic mass is 10.0. The van der Waals surface area contributed by atoms with Gasteiger partial charge in [0.25, 0.3) is 0 Å². The van der Waals surface area contributed by atoms with E-state index in [2.05, 4.69) is 75.6 Å². The van der Waals surface area contributed by atoms with Crippen LogP contribution in [0.25, 0.3) is 0 Å². The summed E-state index contributed by atoms with van der Waals surface area (Å²) in [6.07, 6.45) is 0. The highest BCUT2D eigenvalue weighted by Gasteiger charge is 2.34. The molecule has 1 aliphatic rings. The molecule has 0 radical (unpaired) electrons. The van der Waals surface area contributed by atoms with E-state index in [4.69, 9.17) is 4.74 Å². The lowest BCUT2D eigenvalue weighted by molar-refractivity contribution is -0.141. The summed E-state index contributed by atoms with van der Waals surface area (Å²) in [6.45, 7) is 16.5. The lowest BCUT2D eigenvalue weighted by Gasteiger charge is -2.29. The van der Waals surface area contributed by atoms with Gasteiger partial charge in [-0.25, -0.2) is 0 Å². The third-order valence-corrected chi connectivity index (χ3v) is 5.55. The Labute approximate surface area is 169 Å². The van der Waals surface area contributed by atoms with Gasteiger partial charge in [-0.3, -0.25) is 4.79 Å². The van der Waals surface area contributed by atoms with Crippen LogP contribution in [0.3, 0.4) is 0 Å². The Bertz CT molecular complexity index is 857. The van der Waals surface area contributed by atoms with Crippen molar-refractivity contribution in [1.29, 1.82) is 0 Å². The van der Waals surface area contributed by atoms with Gasteiger partial charge in [-0.05, 0) is 63.8 Å². The van der Waals surface area contributed by atoms with Crippen LogP contribution in [0.1, 0.15) is 40.3 Å². The molecule has 2 aromatic carbocycles. The van der Waals surface area contributed by atoms with Crippen molar-refractivity contribution < 1.29 is 9.53 Å². The monoisotopic (exact) mass is 380 g/mol. The van der Waals surface area contributed by atoms with Gasteiger partial charge in [0.2, 0.25) is 0 Å². The fourth-order valence-corrected chi connectivity index (χ4v) is 4.78. The number of esters is 1. The van der Waals surface area contributed by atoms with Crippen LogP contribution in [-0.4, -0.2) is 31.8 Å². The maximum absolute atomic E-state index is 11.5. The first-order valence-electron chi connectivity index (χ1n) is 9.98. The van der Waals surface area contributed by atoms with E-state index in [1.54, 1.807) is 0 Å². The van der Waals surface area contributed by atoms with Crippen LogP contribution in [0.5, 0.6) is 0 Å². The van der Waals surface area contributed by atoms with E-state index in [0.29, 0.717) is 6.61 Å². The second-order valence-electron chi connectivity index (χ2n) is 8.28. The van der Waals surface area contributed by atoms with E-state index >= 15 is 0 Å². The molecule has 1 heterocycles. The van der Waals surface area contributed by atoms with Crippen molar-refractivity contribution in [2.24, 2.45) is 0 Å². The zero-order valence-corrected chi connectivity index (χ0v) is 18.2. The van der Waals surface area contributed by atoms with Gasteiger partial charge in [0.1, 0.15) is 6.61 Å². The summed E-state index contributed by atoms with van der Waals surface area (Å²) < 4.78 is 5.44. The number of ether oxygens (including phenoxy) is 1. The predicted octanol–water partition coefficient (Wildman–Crippen LogP) is 4.75. The summed E-state index contributed by atoms with van der Waals surface area (Å²) in [6, 6.07) is 9.08. The van der Waals surface area contributed by atoms with Crippen LogP contribution in [-0.2, 0) is 9.53 Å². The van der Waals surface area contributed by atoms with Crippen molar-refractivity contribution in [1.82, 2.24) is 0 Å². The molecule has 1 unspecified atom stereocenters. The van der Waals surface area contributed by atoms with Gasteiger partial charge in [-0.2, -0.15) is 0 Å². The molecule has 3 rings (SSSR count). The highest BCUT2D eigenvalue weighted by Crippen LogP contribution is 2.35. The summed E-state index contributed by atoms with van der Waals surface area (Å²) in [5.41, 5.74) is 10.2. The third-order valence-electron chi connectivity index (χ3n) is 5.55. The zero-order chi connectivity index (χ0) is 20.6. The Morgan fingerprint density at radius 3 is 1.82 bits per heavy atom. The maximum atomic E-state index is 11.5. The van der Waals surface area contributed by atoms with Gasteiger partial charge in [-0.15, -0.1) is 0 Å². The lowest BCUT2D eigenvalue weighted by Crippen LogP contribution is -2.36. The molecule has 4 heteroatoms. The van der Waals surface area contributed by atoms with E-state index in [-0.39, 0.29) is 12.0 Å². The summed E-state index contributed by atoms with van der Waals surface area (Å²) >= 11 is 0. The van der Waals surface area contributed by atoms with Crippen LogP contribution < -0.4 is 9.80 Å².